The summed E-state index contributed by atoms with van der Waals surface area (Å²) < 4.78 is 9.26. The number of pyridine rings is 1. The van der Waals surface area contributed by atoms with Gasteiger partial charge in [0.25, 0.3) is 0 Å². The first kappa shape index (κ1) is 35.5. The Morgan fingerprint density at radius 2 is 0.841 bits per heavy atom. The SMILES string of the molecule is c1ccc(-c2nn3c(-c4ccccc4)c(-c4ccc(-c5cccc6c5Oc5ccccc5C65c6ccccc6-c6ccccc65)cc4)c4ccccc4c3c2-c2ccccc2)cc1. The van der Waals surface area contributed by atoms with Gasteiger partial charge in [0.1, 0.15) is 17.2 Å². The summed E-state index contributed by atoms with van der Waals surface area (Å²) in [6.07, 6.45) is 0. The van der Waals surface area contributed by atoms with Crippen LogP contribution < -0.4 is 4.74 Å². The quantitative estimate of drug-likeness (QED) is 0.173. The van der Waals surface area contributed by atoms with E-state index >= 15 is 0 Å². The Morgan fingerprint density at radius 1 is 0.349 bits per heavy atom. The van der Waals surface area contributed by atoms with Gasteiger partial charge >= 0.3 is 0 Å². The van der Waals surface area contributed by atoms with Gasteiger partial charge in [-0.05, 0) is 50.4 Å². The Balaban J connectivity index is 1.04. The molecule has 2 aliphatic rings. The molecule has 13 rings (SSSR count). The zero-order valence-corrected chi connectivity index (χ0v) is 34.2. The molecule has 1 aliphatic heterocycles. The van der Waals surface area contributed by atoms with E-state index in [1.807, 2.05) is 0 Å². The number of ether oxygens (including phenoxy) is 1. The molecule has 3 nitrogen and oxygen atoms in total. The fourth-order valence-corrected chi connectivity index (χ4v) is 10.7. The van der Waals surface area contributed by atoms with Crippen LogP contribution in [0.1, 0.15) is 22.3 Å². The third-order valence-corrected chi connectivity index (χ3v) is 13.3. The zero-order valence-electron chi connectivity index (χ0n) is 34.2. The van der Waals surface area contributed by atoms with Crippen LogP contribution in [0, 0.1) is 0 Å². The van der Waals surface area contributed by atoms with Crippen LogP contribution in [0.25, 0.3) is 83.3 Å². The van der Waals surface area contributed by atoms with Crippen molar-refractivity contribution in [2.45, 2.75) is 5.41 Å². The van der Waals surface area contributed by atoms with Gasteiger partial charge in [0.2, 0.25) is 0 Å². The molecular formula is C60H38N2O. The minimum atomic E-state index is -0.521. The summed E-state index contributed by atoms with van der Waals surface area (Å²) in [5.41, 5.74) is 18.9. The topological polar surface area (TPSA) is 26.5 Å². The molecule has 0 amide bonds. The van der Waals surface area contributed by atoms with Gasteiger partial charge < -0.3 is 4.74 Å². The van der Waals surface area contributed by atoms with Gasteiger partial charge in [0.15, 0.2) is 0 Å². The van der Waals surface area contributed by atoms with Crippen LogP contribution in [0.2, 0.25) is 0 Å². The second kappa shape index (κ2) is 13.9. The zero-order chi connectivity index (χ0) is 41.5. The van der Waals surface area contributed by atoms with Gasteiger partial charge in [-0.2, -0.15) is 5.10 Å². The lowest BCUT2D eigenvalue weighted by atomic mass is 9.65. The number of rotatable bonds is 5. The molecule has 0 unspecified atom stereocenters. The minimum absolute atomic E-state index is 0.521. The largest absolute Gasteiger partial charge is 0.456 e. The van der Waals surface area contributed by atoms with E-state index in [1.165, 1.54) is 33.2 Å². The molecule has 0 bridgehead atoms. The highest BCUT2D eigenvalue weighted by atomic mass is 16.5. The number of hydrogen-bond acceptors (Lipinski definition) is 2. The van der Waals surface area contributed by atoms with E-state index in [4.69, 9.17) is 9.84 Å². The lowest BCUT2D eigenvalue weighted by Gasteiger charge is -2.40. The third kappa shape index (κ3) is 5.11. The molecule has 3 heteroatoms. The Kier molecular flexibility index (Phi) is 7.82. The van der Waals surface area contributed by atoms with Crippen molar-refractivity contribution in [1.29, 1.82) is 0 Å². The molecule has 11 aromatic rings. The Hall–Kier alpha value is -8.27. The highest BCUT2D eigenvalue weighted by Crippen LogP contribution is 2.63. The summed E-state index contributed by atoms with van der Waals surface area (Å²) in [5, 5.41) is 7.89. The second-order valence-electron chi connectivity index (χ2n) is 16.6. The Morgan fingerprint density at radius 3 is 1.52 bits per heavy atom. The van der Waals surface area contributed by atoms with Crippen molar-refractivity contribution in [3.63, 3.8) is 0 Å². The van der Waals surface area contributed by atoms with E-state index in [-0.39, 0.29) is 0 Å². The van der Waals surface area contributed by atoms with Gasteiger partial charge in [0, 0.05) is 44.3 Å². The predicted octanol–water partition coefficient (Wildman–Crippen LogP) is 15.3. The van der Waals surface area contributed by atoms with Crippen molar-refractivity contribution in [2.24, 2.45) is 0 Å². The van der Waals surface area contributed by atoms with Crippen molar-refractivity contribution in [2.75, 3.05) is 0 Å². The molecule has 294 valence electrons. The summed E-state index contributed by atoms with van der Waals surface area (Å²) in [6, 6.07) is 83.0. The van der Waals surface area contributed by atoms with E-state index in [2.05, 4.69) is 235 Å². The minimum Gasteiger partial charge on any atom is -0.456 e. The van der Waals surface area contributed by atoms with Crippen molar-refractivity contribution in [3.8, 4) is 78.5 Å². The van der Waals surface area contributed by atoms with Crippen LogP contribution >= 0.6 is 0 Å². The van der Waals surface area contributed by atoms with Crippen LogP contribution in [0.4, 0.5) is 0 Å². The molecule has 0 saturated carbocycles. The molecule has 0 atom stereocenters. The first-order chi connectivity index (χ1) is 31.3. The van der Waals surface area contributed by atoms with E-state index in [0.717, 1.165) is 83.9 Å². The molecule has 2 aromatic heterocycles. The van der Waals surface area contributed by atoms with Gasteiger partial charge in [-0.15, -0.1) is 0 Å². The van der Waals surface area contributed by atoms with Gasteiger partial charge in [-0.3, -0.25) is 0 Å². The summed E-state index contributed by atoms with van der Waals surface area (Å²) in [6.45, 7) is 0. The fraction of sp³-hybridized carbons (Fsp3) is 0.0167. The van der Waals surface area contributed by atoms with Crippen molar-refractivity contribution in [3.05, 3.63) is 253 Å². The number of para-hydroxylation sites is 2. The number of hydrogen-bond donors (Lipinski definition) is 0. The number of benzene rings is 9. The molecule has 9 aromatic carbocycles. The van der Waals surface area contributed by atoms with Crippen LogP contribution in [-0.4, -0.2) is 9.61 Å². The number of nitrogens with zero attached hydrogens (tertiary/aromatic N) is 2. The molecule has 1 spiro atoms. The molecule has 0 radical (unpaired) electrons. The lowest BCUT2D eigenvalue weighted by Crippen LogP contribution is -2.32. The van der Waals surface area contributed by atoms with Crippen molar-refractivity contribution in [1.82, 2.24) is 9.61 Å². The Labute approximate surface area is 365 Å². The molecular weight excluding hydrogens is 765 g/mol. The molecule has 0 fully saturated rings. The van der Waals surface area contributed by atoms with Crippen LogP contribution in [-0.2, 0) is 5.41 Å². The molecule has 63 heavy (non-hydrogen) atoms. The average molecular weight is 803 g/mol. The summed E-state index contributed by atoms with van der Waals surface area (Å²) in [7, 11) is 0. The predicted molar refractivity (Wildman–Crippen MR) is 257 cm³/mol. The average Bonchev–Trinajstić information content (AvgIpc) is 3.90. The van der Waals surface area contributed by atoms with Gasteiger partial charge in [-0.25, -0.2) is 4.52 Å². The highest BCUT2D eigenvalue weighted by molar-refractivity contribution is 6.15. The van der Waals surface area contributed by atoms with Crippen LogP contribution in [0.5, 0.6) is 11.5 Å². The van der Waals surface area contributed by atoms with Crippen molar-refractivity contribution < 1.29 is 4.74 Å². The maximum atomic E-state index is 7.05. The fourth-order valence-electron chi connectivity index (χ4n) is 10.7. The summed E-state index contributed by atoms with van der Waals surface area (Å²) in [4.78, 5) is 0. The summed E-state index contributed by atoms with van der Waals surface area (Å²) in [5.74, 6) is 1.78. The molecule has 0 N–H and O–H groups in total. The first-order valence-corrected chi connectivity index (χ1v) is 21.6. The van der Waals surface area contributed by atoms with Gasteiger partial charge in [-0.1, -0.05) is 224 Å². The first-order valence-electron chi connectivity index (χ1n) is 21.6. The Bertz CT molecular complexity index is 3530. The maximum absolute atomic E-state index is 7.05. The lowest BCUT2D eigenvalue weighted by molar-refractivity contribution is 0.438. The van der Waals surface area contributed by atoms with Crippen molar-refractivity contribution >= 4 is 16.3 Å². The smallest absolute Gasteiger partial charge is 0.140 e. The number of fused-ring (bicyclic) bond motifs is 12. The van der Waals surface area contributed by atoms with E-state index in [9.17, 15) is 0 Å². The molecule has 1 aliphatic carbocycles. The van der Waals surface area contributed by atoms with E-state index in [1.54, 1.807) is 0 Å². The monoisotopic (exact) mass is 802 g/mol. The van der Waals surface area contributed by atoms with Crippen LogP contribution in [0.3, 0.4) is 0 Å². The normalized spacial score (nSPS) is 13.0. The molecule has 0 saturated heterocycles. The summed E-state index contributed by atoms with van der Waals surface area (Å²) >= 11 is 0. The van der Waals surface area contributed by atoms with E-state index in [0.29, 0.717) is 0 Å². The van der Waals surface area contributed by atoms with Crippen LogP contribution in [0.15, 0.2) is 231 Å². The standard InChI is InChI=1S/C60H38N2O/c1-4-19-40(20-5-1)55-56(42-21-6-2-7-22-42)61-62-57(43-23-8-3-9-24-43)54(47-27-10-11-28-48(47)58(55)62)41-37-35-39(36-38-41)44-29-18-33-52-59(44)63-53-34-17-16-32-51(53)60(52)49-30-14-12-25-45(49)46-26-13-15-31-50(46)60/h1-38H. The second-order valence-corrected chi connectivity index (χ2v) is 16.6. The van der Waals surface area contributed by atoms with E-state index < -0.39 is 5.41 Å². The molecule has 3 heterocycles. The number of aromatic nitrogens is 2. The third-order valence-electron chi connectivity index (χ3n) is 13.3. The highest BCUT2D eigenvalue weighted by Gasteiger charge is 2.51. The van der Waals surface area contributed by atoms with Gasteiger partial charge in [0.05, 0.1) is 16.6 Å². The maximum Gasteiger partial charge on any atom is 0.140 e.